The molecule has 1 aliphatic rings. The van der Waals surface area contributed by atoms with Gasteiger partial charge in [-0.05, 0) is 148 Å². The van der Waals surface area contributed by atoms with E-state index in [4.69, 9.17) is 30.4 Å². The van der Waals surface area contributed by atoms with Gasteiger partial charge in [-0.2, -0.15) is 0 Å². The van der Waals surface area contributed by atoms with Gasteiger partial charge in [0.15, 0.2) is 0 Å². The van der Waals surface area contributed by atoms with Crippen LogP contribution in [0.3, 0.4) is 0 Å². The van der Waals surface area contributed by atoms with Crippen LogP contribution in [-0.4, -0.2) is 57.4 Å². The SMILES string of the molecule is C=C(C)C(=O)OCCCc1cc(-c2cc(CC)c(-c3ccc(C4CCC(CCCCC)CC4)cc3F)cc2CCCOC(=O)C(=C)C)ccc1OCC(CN)(CN)COC(=O)C(=C)C. The zero-order valence-electron chi connectivity index (χ0n) is 39.2. The van der Waals surface area contributed by atoms with Crippen molar-refractivity contribution in [3.63, 3.8) is 0 Å². The number of carbonyl (C=O) groups is 3. The monoisotopic (exact) mass is 881 g/mol. The summed E-state index contributed by atoms with van der Waals surface area (Å²) in [6, 6.07) is 16.0. The Morgan fingerprint density at radius 2 is 1.27 bits per heavy atom. The third-order valence-corrected chi connectivity index (χ3v) is 12.5. The molecule has 0 saturated heterocycles. The van der Waals surface area contributed by atoms with Crippen molar-refractivity contribution in [2.24, 2.45) is 22.8 Å². The Balaban J connectivity index is 1.72. The van der Waals surface area contributed by atoms with Crippen molar-refractivity contribution in [1.29, 1.82) is 0 Å². The van der Waals surface area contributed by atoms with Gasteiger partial charge in [0.25, 0.3) is 0 Å². The van der Waals surface area contributed by atoms with Crippen LogP contribution in [0.5, 0.6) is 5.75 Å². The summed E-state index contributed by atoms with van der Waals surface area (Å²) >= 11 is 0. The molecule has 1 saturated carbocycles. The first kappa shape index (κ1) is 51.6. The highest BCUT2D eigenvalue weighted by molar-refractivity contribution is 5.87. The summed E-state index contributed by atoms with van der Waals surface area (Å²) in [7, 11) is 0. The Hall–Kier alpha value is -5.06. The Morgan fingerprint density at radius 3 is 1.83 bits per heavy atom. The highest BCUT2D eigenvalue weighted by Gasteiger charge is 2.31. The molecule has 0 unspecified atom stereocenters. The molecule has 0 amide bonds. The number of rotatable bonds is 26. The second kappa shape index (κ2) is 25.4. The van der Waals surface area contributed by atoms with Crippen molar-refractivity contribution in [1.82, 2.24) is 0 Å². The molecule has 0 bridgehead atoms. The van der Waals surface area contributed by atoms with Gasteiger partial charge >= 0.3 is 17.9 Å². The maximum absolute atomic E-state index is 16.4. The number of hydrogen-bond acceptors (Lipinski definition) is 9. The van der Waals surface area contributed by atoms with E-state index in [2.05, 4.69) is 57.8 Å². The van der Waals surface area contributed by atoms with Gasteiger partial charge in [-0.1, -0.05) is 89.6 Å². The zero-order chi connectivity index (χ0) is 46.8. The van der Waals surface area contributed by atoms with Crippen molar-refractivity contribution < 1.29 is 37.7 Å². The summed E-state index contributed by atoms with van der Waals surface area (Å²) in [4.78, 5) is 36.7. The largest absolute Gasteiger partial charge is 0.492 e. The van der Waals surface area contributed by atoms with Gasteiger partial charge < -0.3 is 30.4 Å². The first-order valence-corrected chi connectivity index (χ1v) is 23.2. The Bertz CT molecular complexity index is 2100. The van der Waals surface area contributed by atoms with Crippen molar-refractivity contribution in [2.45, 2.75) is 124 Å². The first-order chi connectivity index (χ1) is 30.6. The lowest BCUT2D eigenvalue weighted by Crippen LogP contribution is -2.47. The van der Waals surface area contributed by atoms with E-state index in [0.29, 0.717) is 60.5 Å². The minimum absolute atomic E-state index is 0.0450. The van der Waals surface area contributed by atoms with Crippen LogP contribution in [0.15, 0.2) is 85.0 Å². The molecule has 0 aliphatic heterocycles. The van der Waals surface area contributed by atoms with Crippen LogP contribution in [0.2, 0.25) is 0 Å². The van der Waals surface area contributed by atoms with E-state index in [9.17, 15) is 14.4 Å². The molecular weight excluding hydrogens is 808 g/mol. The fourth-order valence-corrected chi connectivity index (χ4v) is 8.30. The highest BCUT2D eigenvalue weighted by Crippen LogP contribution is 2.41. The molecule has 1 aliphatic carbocycles. The second-order valence-electron chi connectivity index (χ2n) is 17.9. The Morgan fingerprint density at radius 1 is 0.672 bits per heavy atom. The number of aryl methyl sites for hydroxylation is 3. The highest BCUT2D eigenvalue weighted by atomic mass is 19.1. The second-order valence-corrected chi connectivity index (χ2v) is 17.9. The molecule has 10 heteroatoms. The molecule has 4 N–H and O–H groups in total. The topological polar surface area (TPSA) is 140 Å². The zero-order valence-corrected chi connectivity index (χ0v) is 39.2. The lowest BCUT2D eigenvalue weighted by molar-refractivity contribution is -0.143. The molecular formula is C54H73FN2O7. The van der Waals surface area contributed by atoms with Crippen LogP contribution >= 0.6 is 0 Å². The van der Waals surface area contributed by atoms with Crippen LogP contribution in [0.4, 0.5) is 4.39 Å². The fraction of sp³-hybridized carbons (Fsp3) is 0.500. The maximum atomic E-state index is 16.4. The summed E-state index contributed by atoms with van der Waals surface area (Å²) < 4.78 is 39.3. The van der Waals surface area contributed by atoms with Gasteiger partial charge in [-0.3, -0.25) is 0 Å². The quantitative estimate of drug-likeness (QED) is 0.0349. The number of nitrogens with two attached hydrogens (primary N) is 2. The smallest absolute Gasteiger partial charge is 0.333 e. The van der Waals surface area contributed by atoms with Crippen LogP contribution in [0, 0.1) is 17.2 Å². The van der Waals surface area contributed by atoms with E-state index in [1.54, 1.807) is 26.8 Å². The van der Waals surface area contributed by atoms with E-state index in [-0.39, 0.29) is 50.9 Å². The molecule has 3 aromatic carbocycles. The van der Waals surface area contributed by atoms with Crippen LogP contribution in [-0.2, 0) is 47.9 Å². The predicted molar refractivity (Wildman–Crippen MR) is 255 cm³/mol. The van der Waals surface area contributed by atoms with Crippen molar-refractivity contribution in [3.8, 4) is 28.0 Å². The number of unbranched alkanes of at least 4 members (excludes halogenated alkanes) is 2. The molecule has 3 aromatic rings. The molecule has 9 nitrogen and oxygen atoms in total. The number of esters is 3. The number of hydrogen-bond donors (Lipinski definition) is 2. The van der Waals surface area contributed by atoms with Crippen molar-refractivity contribution in [3.05, 3.63) is 113 Å². The molecule has 0 heterocycles. The van der Waals surface area contributed by atoms with E-state index < -0.39 is 23.3 Å². The van der Waals surface area contributed by atoms with Crippen LogP contribution < -0.4 is 16.2 Å². The molecule has 0 aromatic heterocycles. The van der Waals surface area contributed by atoms with Gasteiger partial charge in [-0.25, -0.2) is 18.8 Å². The summed E-state index contributed by atoms with van der Waals surface area (Å²) in [6.45, 7) is 20.8. The first-order valence-electron chi connectivity index (χ1n) is 23.2. The summed E-state index contributed by atoms with van der Waals surface area (Å²) in [6.07, 6.45) is 12.5. The predicted octanol–water partition coefficient (Wildman–Crippen LogP) is 11.1. The average Bonchev–Trinajstić information content (AvgIpc) is 3.29. The normalized spacial score (nSPS) is 15.0. The lowest BCUT2D eigenvalue weighted by Gasteiger charge is -2.30. The number of halogens is 1. The summed E-state index contributed by atoms with van der Waals surface area (Å²) in [5.41, 5.74) is 19.7. The van der Waals surface area contributed by atoms with E-state index in [1.807, 2.05) is 18.2 Å². The van der Waals surface area contributed by atoms with E-state index in [1.165, 1.54) is 38.5 Å². The lowest BCUT2D eigenvalue weighted by atomic mass is 9.76. The van der Waals surface area contributed by atoms with Gasteiger partial charge in [0.1, 0.15) is 18.2 Å². The molecule has 0 radical (unpaired) electrons. The molecule has 0 atom stereocenters. The third kappa shape index (κ3) is 14.7. The number of benzene rings is 3. The fourth-order valence-electron chi connectivity index (χ4n) is 8.30. The minimum Gasteiger partial charge on any atom is -0.492 e. The Kier molecular flexibility index (Phi) is 20.5. The molecule has 0 spiro atoms. The standard InChI is InChI=1S/C54H73FN2O7/c1-9-11-12-15-39-18-20-41(21-19-39)42-22-24-46(49(55)31-42)48-30-43(16-13-26-61-51(58)36(3)4)47(29-40(48)10-2)44-23-25-50(45(28-44)17-14-27-62-52(59)37(5)6)63-34-54(32-56,33-57)35-64-53(60)38(7)8/h22-25,28-31,39,41H,3,5,7,9-21,26-27,32-35,56-57H2,1-2,4,6,8H3. The molecule has 1 fully saturated rings. The number of ether oxygens (including phenoxy) is 4. The summed E-state index contributed by atoms with van der Waals surface area (Å²) in [5.74, 6) is 0.0876. The van der Waals surface area contributed by atoms with Gasteiger partial charge in [-0.15, -0.1) is 0 Å². The molecule has 348 valence electrons. The third-order valence-electron chi connectivity index (χ3n) is 12.5. The van der Waals surface area contributed by atoms with Crippen molar-refractivity contribution in [2.75, 3.05) is 39.5 Å². The van der Waals surface area contributed by atoms with Gasteiger partial charge in [0.05, 0.1) is 25.2 Å². The summed E-state index contributed by atoms with van der Waals surface area (Å²) in [5, 5.41) is 0. The van der Waals surface area contributed by atoms with Gasteiger partial charge in [0, 0.05) is 35.4 Å². The maximum Gasteiger partial charge on any atom is 0.333 e. The Labute approximate surface area is 381 Å². The molecule has 4 rings (SSSR count). The number of carbonyl (C=O) groups excluding carboxylic acids is 3. The van der Waals surface area contributed by atoms with Crippen molar-refractivity contribution >= 4 is 17.9 Å². The van der Waals surface area contributed by atoms with Crippen LogP contribution in [0.25, 0.3) is 22.3 Å². The van der Waals surface area contributed by atoms with E-state index >= 15 is 4.39 Å². The van der Waals surface area contributed by atoms with E-state index in [0.717, 1.165) is 57.7 Å². The van der Waals surface area contributed by atoms with Crippen LogP contribution in [0.1, 0.15) is 127 Å². The minimum atomic E-state index is -0.856. The molecule has 64 heavy (non-hydrogen) atoms. The average molecular weight is 881 g/mol. The van der Waals surface area contributed by atoms with Gasteiger partial charge in [0.2, 0.25) is 0 Å².